The highest BCUT2D eigenvalue weighted by molar-refractivity contribution is 5.88. The summed E-state index contributed by atoms with van der Waals surface area (Å²) in [6.45, 7) is 1.16. The van der Waals surface area contributed by atoms with Crippen LogP contribution in [0.5, 0.6) is 0 Å². The number of urea groups is 1. The van der Waals surface area contributed by atoms with Gasteiger partial charge < -0.3 is 24.9 Å². The second-order valence-corrected chi connectivity index (χ2v) is 6.34. The summed E-state index contributed by atoms with van der Waals surface area (Å²) >= 11 is 0. The third kappa shape index (κ3) is 3.59. The van der Waals surface area contributed by atoms with Gasteiger partial charge >= 0.3 is 6.03 Å². The molecule has 0 aliphatic carbocycles. The molecule has 4 rings (SSSR count). The number of benzene rings is 1. The number of likely N-dealkylation sites (tertiary alicyclic amines) is 1. The van der Waals surface area contributed by atoms with E-state index in [9.17, 15) is 9.59 Å². The third-order valence-corrected chi connectivity index (χ3v) is 4.45. The summed E-state index contributed by atoms with van der Waals surface area (Å²) in [6.07, 6.45) is 1.76. The summed E-state index contributed by atoms with van der Waals surface area (Å²) in [5.74, 6) is -0.190. The van der Waals surface area contributed by atoms with E-state index in [-0.39, 0.29) is 30.2 Å². The highest BCUT2D eigenvalue weighted by Crippen LogP contribution is 2.28. The number of nitrogens with zero attached hydrogens (tertiary/aromatic N) is 4. The smallest absolute Gasteiger partial charge is 0.317 e. The third-order valence-electron chi connectivity index (χ3n) is 4.45. The van der Waals surface area contributed by atoms with Crippen molar-refractivity contribution in [1.82, 2.24) is 25.3 Å². The van der Waals surface area contributed by atoms with Crippen molar-refractivity contribution in [3.05, 3.63) is 41.9 Å². The Morgan fingerprint density at radius 1 is 1.30 bits per heavy atom. The minimum atomic E-state index is -0.784. The lowest BCUT2D eigenvalue weighted by Crippen LogP contribution is -2.44. The molecule has 27 heavy (non-hydrogen) atoms. The molecule has 10 nitrogen and oxygen atoms in total. The van der Waals surface area contributed by atoms with E-state index in [1.165, 1.54) is 0 Å². The number of aromatic nitrogens is 3. The van der Waals surface area contributed by atoms with Gasteiger partial charge in [0, 0.05) is 13.1 Å². The van der Waals surface area contributed by atoms with E-state index in [0.29, 0.717) is 19.0 Å². The van der Waals surface area contributed by atoms with Crippen LogP contribution in [0.1, 0.15) is 41.2 Å². The van der Waals surface area contributed by atoms with E-state index < -0.39 is 5.91 Å². The first-order valence-electron chi connectivity index (χ1n) is 8.61. The second-order valence-electron chi connectivity index (χ2n) is 6.34. The molecule has 1 aromatic carbocycles. The molecule has 0 spiro atoms. The molecule has 1 atom stereocenters. The predicted octanol–water partition coefficient (Wildman–Crippen LogP) is 1.40. The monoisotopic (exact) mass is 370 g/mol. The van der Waals surface area contributed by atoms with Gasteiger partial charge in [0.05, 0.1) is 12.5 Å². The van der Waals surface area contributed by atoms with Gasteiger partial charge in [-0.15, -0.1) is 0 Å². The summed E-state index contributed by atoms with van der Waals surface area (Å²) in [6, 6.07) is 7.34. The Balaban J connectivity index is 1.38. The molecule has 0 saturated carbocycles. The Hall–Kier alpha value is -3.43. The molecule has 0 radical (unpaired) electrons. The molecule has 10 heteroatoms. The number of oxazole rings is 1. The quantitative estimate of drug-likeness (QED) is 0.707. The zero-order valence-electron chi connectivity index (χ0n) is 14.4. The highest BCUT2D eigenvalue weighted by Gasteiger charge is 2.28. The number of carbonyl (C=O) groups excluding carboxylic acids is 2. The Morgan fingerprint density at radius 3 is 2.93 bits per heavy atom. The second kappa shape index (κ2) is 7.06. The van der Waals surface area contributed by atoms with Crippen LogP contribution in [0, 0.1) is 0 Å². The molecule has 1 aliphatic rings. The number of piperidine rings is 1. The zero-order valence-corrected chi connectivity index (χ0v) is 14.4. The molecule has 140 valence electrons. The SMILES string of the molecule is NC(=O)c1noc(CNC(=O)N2CCC[C@H](c3nc4ccccc4o3)C2)n1. The molecular weight excluding hydrogens is 352 g/mol. The van der Waals surface area contributed by atoms with Crippen LogP contribution in [-0.4, -0.2) is 45.1 Å². The van der Waals surface area contributed by atoms with Gasteiger partial charge in [0.15, 0.2) is 11.5 Å². The number of para-hydroxylation sites is 2. The Bertz CT molecular complexity index is 948. The number of hydrogen-bond donors (Lipinski definition) is 2. The van der Waals surface area contributed by atoms with Crippen LogP contribution in [-0.2, 0) is 6.54 Å². The number of hydrogen-bond acceptors (Lipinski definition) is 7. The van der Waals surface area contributed by atoms with Crippen molar-refractivity contribution in [3.63, 3.8) is 0 Å². The van der Waals surface area contributed by atoms with Gasteiger partial charge in [0.2, 0.25) is 5.89 Å². The molecule has 3 N–H and O–H groups in total. The van der Waals surface area contributed by atoms with Crippen LogP contribution < -0.4 is 11.1 Å². The summed E-state index contributed by atoms with van der Waals surface area (Å²) in [4.78, 5) is 33.5. The first kappa shape index (κ1) is 17.0. The van der Waals surface area contributed by atoms with Crippen molar-refractivity contribution >= 4 is 23.0 Å². The van der Waals surface area contributed by atoms with Gasteiger partial charge in [-0.25, -0.2) is 9.78 Å². The minimum Gasteiger partial charge on any atom is -0.440 e. The molecule has 3 aromatic rings. The van der Waals surface area contributed by atoms with Gasteiger partial charge in [-0.2, -0.15) is 4.98 Å². The molecule has 1 aliphatic heterocycles. The average molecular weight is 370 g/mol. The van der Waals surface area contributed by atoms with Crippen molar-refractivity contribution in [3.8, 4) is 0 Å². The fourth-order valence-corrected chi connectivity index (χ4v) is 3.12. The molecule has 3 heterocycles. The van der Waals surface area contributed by atoms with Gasteiger partial charge in [-0.1, -0.05) is 17.3 Å². The molecule has 3 amide bonds. The first-order chi connectivity index (χ1) is 13.1. The van der Waals surface area contributed by atoms with Gasteiger partial charge in [0.25, 0.3) is 11.7 Å². The molecule has 1 fully saturated rings. The number of nitrogens with one attached hydrogen (secondary N) is 1. The lowest BCUT2D eigenvalue weighted by atomic mass is 9.98. The van der Waals surface area contributed by atoms with E-state index in [2.05, 4.69) is 20.4 Å². The van der Waals surface area contributed by atoms with Crippen molar-refractivity contribution in [2.75, 3.05) is 13.1 Å². The van der Waals surface area contributed by atoms with Gasteiger partial charge in [0.1, 0.15) is 5.52 Å². The highest BCUT2D eigenvalue weighted by atomic mass is 16.5. The molecular formula is C17H18N6O4. The Labute approximate surface area is 153 Å². The van der Waals surface area contributed by atoms with E-state index >= 15 is 0 Å². The Kier molecular flexibility index (Phi) is 4.45. The van der Waals surface area contributed by atoms with Gasteiger partial charge in [-0.3, -0.25) is 4.79 Å². The normalized spacial score (nSPS) is 17.2. The maximum Gasteiger partial charge on any atom is 0.317 e. The van der Waals surface area contributed by atoms with E-state index in [4.69, 9.17) is 14.7 Å². The standard InChI is InChI=1S/C17H18N6O4/c18-14(24)15-21-13(27-22-15)8-19-17(25)23-7-3-4-10(9-23)16-20-11-5-1-2-6-12(11)26-16/h1-2,5-6,10H,3-4,7-9H2,(H2,18,24)(H,19,25)/t10-/m0/s1. The molecule has 1 saturated heterocycles. The fraction of sp³-hybridized carbons (Fsp3) is 0.353. The average Bonchev–Trinajstić information content (AvgIpc) is 3.33. The number of fused-ring (bicyclic) bond motifs is 1. The number of rotatable bonds is 4. The van der Waals surface area contributed by atoms with Crippen LogP contribution in [0.4, 0.5) is 4.79 Å². The fourth-order valence-electron chi connectivity index (χ4n) is 3.12. The Morgan fingerprint density at radius 2 is 2.15 bits per heavy atom. The lowest BCUT2D eigenvalue weighted by Gasteiger charge is -2.31. The molecule has 0 unspecified atom stereocenters. The van der Waals surface area contributed by atoms with Crippen LogP contribution in [0.2, 0.25) is 0 Å². The summed E-state index contributed by atoms with van der Waals surface area (Å²) in [7, 11) is 0. The van der Waals surface area contributed by atoms with Crippen LogP contribution in [0.15, 0.2) is 33.2 Å². The first-order valence-corrected chi connectivity index (χ1v) is 8.61. The predicted molar refractivity (Wildman–Crippen MR) is 92.6 cm³/mol. The van der Waals surface area contributed by atoms with Crippen molar-refractivity contribution in [1.29, 1.82) is 0 Å². The largest absolute Gasteiger partial charge is 0.440 e. The number of nitrogens with two attached hydrogens (primary N) is 1. The van der Waals surface area contributed by atoms with Crippen LogP contribution in [0.3, 0.4) is 0 Å². The molecule has 2 aromatic heterocycles. The van der Waals surface area contributed by atoms with E-state index in [0.717, 1.165) is 23.9 Å². The maximum absolute atomic E-state index is 12.4. The van der Waals surface area contributed by atoms with Crippen LogP contribution in [0.25, 0.3) is 11.1 Å². The van der Waals surface area contributed by atoms with Crippen LogP contribution >= 0.6 is 0 Å². The topological polar surface area (TPSA) is 140 Å². The number of primary amides is 1. The van der Waals surface area contributed by atoms with E-state index in [1.54, 1.807) is 4.90 Å². The number of amides is 3. The summed E-state index contributed by atoms with van der Waals surface area (Å²) in [5, 5.41) is 6.14. The maximum atomic E-state index is 12.4. The lowest BCUT2D eigenvalue weighted by molar-refractivity contribution is 0.0987. The molecule has 0 bridgehead atoms. The van der Waals surface area contributed by atoms with E-state index in [1.807, 2.05) is 24.3 Å². The van der Waals surface area contributed by atoms with Crippen molar-refractivity contribution in [2.45, 2.75) is 25.3 Å². The number of carbonyl (C=O) groups is 2. The van der Waals surface area contributed by atoms with Gasteiger partial charge in [-0.05, 0) is 25.0 Å². The summed E-state index contributed by atoms with van der Waals surface area (Å²) < 4.78 is 10.7. The minimum absolute atomic E-state index is 0.0170. The summed E-state index contributed by atoms with van der Waals surface area (Å²) in [5.41, 5.74) is 6.63. The van der Waals surface area contributed by atoms with Crippen molar-refractivity contribution < 1.29 is 18.5 Å². The zero-order chi connectivity index (χ0) is 18.8. The van der Waals surface area contributed by atoms with Crippen molar-refractivity contribution in [2.24, 2.45) is 5.73 Å².